The van der Waals surface area contributed by atoms with E-state index in [1.54, 1.807) is 6.20 Å². The van der Waals surface area contributed by atoms with Gasteiger partial charge in [0.15, 0.2) is 0 Å². The molecule has 76 valence electrons. The van der Waals surface area contributed by atoms with Crippen LogP contribution in [0.2, 0.25) is 0 Å². The van der Waals surface area contributed by atoms with Gasteiger partial charge in [-0.15, -0.1) is 0 Å². The molecule has 1 heterocycles. The van der Waals surface area contributed by atoms with Crippen LogP contribution < -0.4 is 5.73 Å². The van der Waals surface area contributed by atoms with E-state index in [-0.39, 0.29) is 5.54 Å². The summed E-state index contributed by atoms with van der Waals surface area (Å²) in [6.07, 6.45) is 11.3. The lowest BCUT2D eigenvalue weighted by Crippen LogP contribution is -2.41. The van der Waals surface area contributed by atoms with Gasteiger partial charge in [-0.3, -0.25) is 0 Å². The first-order valence-electron chi connectivity index (χ1n) is 5.51. The average Bonchev–Trinajstić information content (AvgIpc) is 2.75. The van der Waals surface area contributed by atoms with Gasteiger partial charge in [0.2, 0.25) is 0 Å². The van der Waals surface area contributed by atoms with E-state index in [9.17, 15) is 0 Å². The van der Waals surface area contributed by atoms with Crippen molar-refractivity contribution in [2.45, 2.75) is 44.1 Å². The second-order valence-corrected chi connectivity index (χ2v) is 5.09. The van der Waals surface area contributed by atoms with Crippen molar-refractivity contribution in [3.63, 3.8) is 0 Å². The van der Waals surface area contributed by atoms with E-state index in [4.69, 9.17) is 5.73 Å². The predicted octanol–water partition coefficient (Wildman–Crippen LogP) is 1.92. The standard InChI is InChI=1S/C11H17N3/c12-11(9-13-7-8-14-9)5-3-10(1-2-10)4-6-11/h7-8H,1-6,12H2,(H,13,14). The molecule has 2 fully saturated rings. The number of hydrogen-bond acceptors (Lipinski definition) is 2. The number of aromatic nitrogens is 2. The Morgan fingerprint density at radius 2 is 1.79 bits per heavy atom. The summed E-state index contributed by atoms with van der Waals surface area (Å²) in [5.41, 5.74) is 6.91. The minimum atomic E-state index is -0.169. The Morgan fingerprint density at radius 1 is 1.14 bits per heavy atom. The topological polar surface area (TPSA) is 54.7 Å². The van der Waals surface area contributed by atoms with Crippen LogP contribution >= 0.6 is 0 Å². The van der Waals surface area contributed by atoms with Gasteiger partial charge < -0.3 is 10.7 Å². The molecule has 14 heavy (non-hydrogen) atoms. The van der Waals surface area contributed by atoms with Crippen LogP contribution in [-0.4, -0.2) is 9.97 Å². The van der Waals surface area contributed by atoms with Crippen LogP contribution in [0.15, 0.2) is 12.4 Å². The second-order valence-electron chi connectivity index (χ2n) is 5.09. The first kappa shape index (κ1) is 8.48. The number of imidazole rings is 1. The van der Waals surface area contributed by atoms with Crippen LogP contribution in [0.5, 0.6) is 0 Å². The molecule has 0 atom stereocenters. The molecule has 2 saturated carbocycles. The summed E-state index contributed by atoms with van der Waals surface area (Å²) >= 11 is 0. The summed E-state index contributed by atoms with van der Waals surface area (Å²) in [5, 5.41) is 0. The molecule has 0 bridgehead atoms. The van der Waals surface area contributed by atoms with Crippen LogP contribution in [-0.2, 0) is 5.54 Å². The molecule has 0 radical (unpaired) electrons. The van der Waals surface area contributed by atoms with Crippen LogP contribution in [0.1, 0.15) is 44.3 Å². The third kappa shape index (κ3) is 1.19. The fraction of sp³-hybridized carbons (Fsp3) is 0.727. The Kier molecular flexibility index (Phi) is 1.57. The van der Waals surface area contributed by atoms with Crippen LogP contribution in [0.3, 0.4) is 0 Å². The van der Waals surface area contributed by atoms with E-state index in [0.29, 0.717) is 5.41 Å². The number of nitrogens with two attached hydrogens (primary N) is 1. The first-order valence-corrected chi connectivity index (χ1v) is 5.51. The highest BCUT2D eigenvalue weighted by Gasteiger charge is 2.49. The zero-order valence-corrected chi connectivity index (χ0v) is 8.42. The molecule has 0 aliphatic heterocycles. The molecule has 0 aromatic carbocycles. The maximum Gasteiger partial charge on any atom is 0.126 e. The third-order valence-electron chi connectivity index (χ3n) is 4.13. The van der Waals surface area contributed by atoms with Gasteiger partial charge in [0.05, 0.1) is 5.54 Å². The summed E-state index contributed by atoms with van der Waals surface area (Å²) in [4.78, 5) is 7.46. The zero-order chi connectivity index (χ0) is 9.65. The quantitative estimate of drug-likeness (QED) is 0.712. The lowest BCUT2D eigenvalue weighted by Gasteiger charge is -2.35. The van der Waals surface area contributed by atoms with Gasteiger partial charge in [0.1, 0.15) is 5.82 Å². The second kappa shape index (κ2) is 2.60. The predicted molar refractivity (Wildman–Crippen MR) is 54.6 cm³/mol. The van der Waals surface area contributed by atoms with Crippen molar-refractivity contribution < 1.29 is 0 Å². The summed E-state index contributed by atoms with van der Waals surface area (Å²) < 4.78 is 0. The fourth-order valence-corrected chi connectivity index (χ4v) is 2.68. The van der Waals surface area contributed by atoms with Crippen molar-refractivity contribution in [2.75, 3.05) is 0 Å². The zero-order valence-electron chi connectivity index (χ0n) is 8.42. The highest BCUT2D eigenvalue weighted by Crippen LogP contribution is 2.58. The van der Waals surface area contributed by atoms with Crippen LogP contribution in [0.25, 0.3) is 0 Å². The monoisotopic (exact) mass is 191 g/mol. The Labute approximate surface area is 84.1 Å². The molecular weight excluding hydrogens is 174 g/mol. The van der Waals surface area contributed by atoms with Gasteiger partial charge in [-0.25, -0.2) is 4.98 Å². The number of H-pyrrole nitrogens is 1. The van der Waals surface area contributed by atoms with Crippen molar-refractivity contribution in [1.82, 2.24) is 9.97 Å². The summed E-state index contributed by atoms with van der Waals surface area (Å²) in [7, 11) is 0. The summed E-state index contributed by atoms with van der Waals surface area (Å²) in [5.74, 6) is 0.980. The largest absolute Gasteiger partial charge is 0.347 e. The highest BCUT2D eigenvalue weighted by molar-refractivity contribution is 5.11. The van der Waals surface area contributed by atoms with Crippen LogP contribution in [0.4, 0.5) is 0 Å². The molecule has 2 aliphatic rings. The lowest BCUT2D eigenvalue weighted by molar-refractivity contribution is 0.212. The van der Waals surface area contributed by atoms with Gasteiger partial charge in [0.25, 0.3) is 0 Å². The van der Waals surface area contributed by atoms with Gasteiger partial charge >= 0.3 is 0 Å². The Hall–Kier alpha value is -0.830. The third-order valence-corrected chi connectivity index (χ3v) is 4.13. The molecular formula is C11H17N3. The van der Waals surface area contributed by atoms with Crippen molar-refractivity contribution in [3.05, 3.63) is 18.2 Å². The number of hydrogen-bond donors (Lipinski definition) is 2. The van der Waals surface area contributed by atoms with Gasteiger partial charge in [-0.1, -0.05) is 0 Å². The van der Waals surface area contributed by atoms with Gasteiger partial charge in [0, 0.05) is 12.4 Å². The van der Waals surface area contributed by atoms with Gasteiger partial charge in [-0.05, 0) is 43.9 Å². The number of nitrogens with zero attached hydrogens (tertiary/aromatic N) is 1. The maximum absolute atomic E-state index is 6.38. The molecule has 1 spiro atoms. The van der Waals surface area contributed by atoms with E-state index in [1.807, 2.05) is 6.20 Å². The molecule has 1 aromatic heterocycles. The lowest BCUT2D eigenvalue weighted by atomic mass is 9.75. The molecule has 2 aliphatic carbocycles. The summed E-state index contributed by atoms with van der Waals surface area (Å²) in [6.45, 7) is 0. The smallest absolute Gasteiger partial charge is 0.126 e. The normalized spacial score (nSPS) is 27.8. The Bertz CT molecular complexity index is 314. The number of nitrogens with one attached hydrogen (secondary N) is 1. The van der Waals surface area contributed by atoms with E-state index < -0.39 is 0 Å². The SMILES string of the molecule is NC1(c2ncc[nH]2)CCC2(CC2)CC1. The molecule has 3 N–H and O–H groups in total. The maximum atomic E-state index is 6.38. The fourth-order valence-electron chi connectivity index (χ4n) is 2.68. The van der Waals surface area contributed by atoms with Crippen LogP contribution in [0, 0.1) is 5.41 Å². The molecule has 1 aromatic rings. The van der Waals surface area contributed by atoms with Crippen molar-refractivity contribution >= 4 is 0 Å². The average molecular weight is 191 g/mol. The highest BCUT2D eigenvalue weighted by atomic mass is 15.0. The molecule has 3 heteroatoms. The van der Waals surface area contributed by atoms with Gasteiger partial charge in [-0.2, -0.15) is 0 Å². The molecule has 0 amide bonds. The van der Waals surface area contributed by atoms with E-state index in [0.717, 1.165) is 18.7 Å². The molecule has 3 nitrogen and oxygen atoms in total. The van der Waals surface area contributed by atoms with Crippen molar-refractivity contribution in [2.24, 2.45) is 11.1 Å². The Morgan fingerprint density at radius 3 is 2.29 bits per heavy atom. The first-order chi connectivity index (χ1) is 6.73. The minimum Gasteiger partial charge on any atom is -0.347 e. The molecule has 0 saturated heterocycles. The van der Waals surface area contributed by atoms with Crippen molar-refractivity contribution in [1.29, 1.82) is 0 Å². The minimum absolute atomic E-state index is 0.169. The van der Waals surface area contributed by atoms with E-state index in [1.165, 1.54) is 25.7 Å². The number of aromatic amines is 1. The molecule has 3 rings (SSSR count). The summed E-state index contributed by atoms with van der Waals surface area (Å²) in [6, 6.07) is 0. The number of rotatable bonds is 1. The van der Waals surface area contributed by atoms with E-state index in [2.05, 4.69) is 9.97 Å². The Balaban J connectivity index is 1.79. The molecule has 0 unspecified atom stereocenters. The van der Waals surface area contributed by atoms with Crippen molar-refractivity contribution in [3.8, 4) is 0 Å². The van der Waals surface area contributed by atoms with E-state index >= 15 is 0 Å².